The van der Waals surface area contributed by atoms with E-state index in [1.54, 1.807) is 0 Å². The molecule has 2 aliphatic rings. The number of rotatable bonds is 4. The van der Waals surface area contributed by atoms with E-state index in [1.165, 1.54) is 0 Å². The van der Waals surface area contributed by atoms with Crippen LogP contribution in [0.2, 0.25) is 0 Å². The number of carboxylic acids is 1. The molecule has 0 aliphatic carbocycles. The van der Waals surface area contributed by atoms with Crippen molar-refractivity contribution in [2.45, 2.75) is 12.0 Å². The monoisotopic (exact) mass is 228 g/mol. The SMILES string of the molecule is CN1CCN(NC2(CC(=O)O)CNC2)CC1. The first kappa shape index (κ1) is 11.8. The molecule has 0 aromatic heterocycles. The van der Waals surface area contributed by atoms with E-state index in [4.69, 9.17) is 5.11 Å². The van der Waals surface area contributed by atoms with Crippen molar-refractivity contribution in [1.82, 2.24) is 20.7 Å². The third kappa shape index (κ3) is 2.70. The van der Waals surface area contributed by atoms with Crippen molar-refractivity contribution in [3.05, 3.63) is 0 Å². The van der Waals surface area contributed by atoms with Gasteiger partial charge in [-0.25, -0.2) is 10.4 Å². The van der Waals surface area contributed by atoms with E-state index in [2.05, 4.69) is 27.7 Å². The Bertz CT molecular complexity index is 260. The second-order valence-corrected chi connectivity index (χ2v) is 4.86. The van der Waals surface area contributed by atoms with Crippen LogP contribution in [0.4, 0.5) is 0 Å². The summed E-state index contributed by atoms with van der Waals surface area (Å²) in [4.78, 5) is 13.1. The molecule has 6 nitrogen and oxygen atoms in total. The van der Waals surface area contributed by atoms with Gasteiger partial charge in [-0.2, -0.15) is 0 Å². The third-order valence-electron chi connectivity index (χ3n) is 3.31. The highest BCUT2D eigenvalue weighted by molar-refractivity contribution is 5.68. The van der Waals surface area contributed by atoms with Gasteiger partial charge in [-0.1, -0.05) is 0 Å². The van der Waals surface area contributed by atoms with Crippen LogP contribution >= 0.6 is 0 Å². The van der Waals surface area contributed by atoms with E-state index in [9.17, 15) is 4.79 Å². The number of hydrogen-bond donors (Lipinski definition) is 3. The first-order valence-electron chi connectivity index (χ1n) is 5.73. The molecule has 0 saturated carbocycles. The van der Waals surface area contributed by atoms with Gasteiger partial charge in [0.05, 0.1) is 12.0 Å². The minimum atomic E-state index is -0.733. The van der Waals surface area contributed by atoms with Gasteiger partial charge >= 0.3 is 5.97 Å². The molecule has 3 N–H and O–H groups in total. The number of nitrogens with zero attached hydrogens (tertiary/aromatic N) is 2. The maximum atomic E-state index is 10.8. The molecule has 2 heterocycles. The second-order valence-electron chi connectivity index (χ2n) is 4.86. The average Bonchev–Trinajstić information content (AvgIpc) is 2.17. The maximum Gasteiger partial charge on any atom is 0.305 e. The summed E-state index contributed by atoms with van der Waals surface area (Å²) >= 11 is 0. The van der Waals surface area contributed by atoms with Crippen molar-refractivity contribution >= 4 is 5.97 Å². The molecule has 0 spiro atoms. The van der Waals surface area contributed by atoms with Crippen molar-refractivity contribution in [3.8, 4) is 0 Å². The summed E-state index contributed by atoms with van der Waals surface area (Å²) in [7, 11) is 2.11. The van der Waals surface area contributed by atoms with Crippen LogP contribution in [0.25, 0.3) is 0 Å². The van der Waals surface area contributed by atoms with Gasteiger partial charge in [0.25, 0.3) is 0 Å². The predicted octanol–water partition coefficient (Wildman–Crippen LogP) is -1.44. The average molecular weight is 228 g/mol. The Hall–Kier alpha value is -0.690. The number of hydrogen-bond acceptors (Lipinski definition) is 5. The standard InChI is InChI=1S/C10H20N4O2/c1-13-2-4-14(5-3-13)12-10(6-9(15)16)7-11-8-10/h11-12H,2-8H2,1H3,(H,15,16). The van der Waals surface area contributed by atoms with Crippen molar-refractivity contribution < 1.29 is 9.90 Å². The summed E-state index contributed by atoms with van der Waals surface area (Å²) in [6.07, 6.45) is 0.187. The Morgan fingerprint density at radius 1 is 1.38 bits per heavy atom. The van der Waals surface area contributed by atoms with Gasteiger partial charge in [0.15, 0.2) is 0 Å². The Morgan fingerprint density at radius 2 is 2.00 bits per heavy atom. The normalized spacial score (nSPS) is 26.3. The lowest BCUT2D eigenvalue weighted by Gasteiger charge is -2.47. The molecule has 2 saturated heterocycles. The maximum absolute atomic E-state index is 10.8. The highest BCUT2D eigenvalue weighted by atomic mass is 16.4. The van der Waals surface area contributed by atoms with Crippen LogP contribution in [-0.2, 0) is 4.79 Å². The van der Waals surface area contributed by atoms with Crippen LogP contribution in [0.15, 0.2) is 0 Å². The number of piperazine rings is 1. The Labute approximate surface area is 95.6 Å². The molecule has 16 heavy (non-hydrogen) atoms. The van der Waals surface area contributed by atoms with Crippen LogP contribution in [-0.4, -0.2) is 72.8 Å². The van der Waals surface area contributed by atoms with E-state index in [1.807, 2.05) is 0 Å². The van der Waals surface area contributed by atoms with Gasteiger partial charge < -0.3 is 15.3 Å². The van der Waals surface area contributed by atoms with Gasteiger partial charge in [0.1, 0.15) is 0 Å². The zero-order valence-electron chi connectivity index (χ0n) is 9.70. The minimum Gasteiger partial charge on any atom is -0.481 e. The molecule has 2 fully saturated rings. The summed E-state index contributed by atoms with van der Waals surface area (Å²) in [5.74, 6) is -0.733. The van der Waals surface area contributed by atoms with E-state index >= 15 is 0 Å². The Morgan fingerprint density at radius 3 is 2.44 bits per heavy atom. The lowest BCUT2D eigenvalue weighted by Crippen LogP contribution is -2.73. The molecule has 0 amide bonds. The van der Waals surface area contributed by atoms with Crippen LogP contribution in [0.3, 0.4) is 0 Å². The highest BCUT2D eigenvalue weighted by Crippen LogP contribution is 2.17. The van der Waals surface area contributed by atoms with Crippen LogP contribution in [0.1, 0.15) is 6.42 Å². The first-order valence-corrected chi connectivity index (χ1v) is 5.73. The lowest BCUT2D eigenvalue weighted by molar-refractivity contribution is -0.140. The predicted molar refractivity (Wildman–Crippen MR) is 60.1 cm³/mol. The van der Waals surface area contributed by atoms with Gasteiger partial charge in [-0.15, -0.1) is 0 Å². The van der Waals surface area contributed by atoms with E-state index < -0.39 is 5.97 Å². The van der Waals surface area contributed by atoms with Crippen LogP contribution in [0, 0.1) is 0 Å². The van der Waals surface area contributed by atoms with E-state index in [0.29, 0.717) is 0 Å². The zero-order chi connectivity index (χ0) is 11.6. The Balaban J connectivity index is 1.84. The third-order valence-corrected chi connectivity index (χ3v) is 3.31. The molecule has 0 unspecified atom stereocenters. The van der Waals surface area contributed by atoms with Crippen LogP contribution < -0.4 is 10.7 Å². The number of nitrogens with one attached hydrogen (secondary N) is 2. The zero-order valence-corrected chi connectivity index (χ0v) is 9.70. The molecule has 2 aliphatic heterocycles. The number of carbonyl (C=O) groups is 1. The molecule has 0 aromatic carbocycles. The summed E-state index contributed by atoms with van der Waals surface area (Å²) in [5, 5.41) is 14.2. The van der Waals surface area contributed by atoms with Crippen molar-refractivity contribution in [1.29, 1.82) is 0 Å². The van der Waals surface area contributed by atoms with Crippen molar-refractivity contribution in [3.63, 3.8) is 0 Å². The van der Waals surface area contributed by atoms with Gasteiger partial charge in [0, 0.05) is 39.3 Å². The number of carboxylic acid groups (broad SMARTS) is 1. The first-order chi connectivity index (χ1) is 7.60. The molecule has 0 radical (unpaired) electrons. The molecule has 0 aromatic rings. The largest absolute Gasteiger partial charge is 0.481 e. The smallest absolute Gasteiger partial charge is 0.305 e. The minimum absolute atomic E-state index is 0.187. The molecule has 92 valence electrons. The lowest BCUT2D eigenvalue weighted by atomic mass is 9.89. The molecule has 2 rings (SSSR count). The number of hydrazine groups is 1. The van der Waals surface area contributed by atoms with Crippen molar-refractivity contribution in [2.75, 3.05) is 46.3 Å². The second kappa shape index (κ2) is 4.67. The molecule has 0 atom stereocenters. The molecular weight excluding hydrogens is 208 g/mol. The van der Waals surface area contributed by atoms with E-state index in [0.717, 1.165) is 39.3 Å². The fraction of sp³-hybridized carbons (Fsp3) is 0.900. The fourth-order valence-corrected chi connectivity index (χ4v) is 2.21. The Kier molecular flexibility index (Phi) is 3.44. The topological polar surface area (TPSA) is 67.8 Å². The number of likely N-dealkylation sites (N-methyl/N-ethyl adjacent to an activating group) is 1. The van der Waals surface area contributed by atoms with Crippen molar-refractivity contribution in [2.24, 2.45) is 0 Å². The summed E-state index contributed by atoms with van der Waals surface area (Å²) in [5.41, 5.74) is 3.12. The summed E-state index contributed by atoms with van der Waals surface area (Å²) < 4.78 is 0. The summed E-state index contributed by atoms with van der Waals surface area (Å²) in [6.45, 7) is 5.46. The summed E-state index contributed by atoms with van der Waals surface area (Å²) in [6, 6.07) is 0. The molecule has 6 heteroatoms. The quantitative estimate of drug-likeness (QED) is 0.547. The molecule has 0 bridgehead atoms. The van der Waals surface area contributed by atoms with Gasteiger partial charge in [0.2, 0.25) is 0 Å². The fourth-order valence-electron chi connectivity index (χ4n) is 2.21. The van der Waals surface area contributed by atoms with Crippen LogP contribution in [0.5, 0.6) is 0 Å². The van der Waals surface area contributed by atoms with Gasteiger partial charge in [-0.3, -0.25) is 4.79 Å². The molecular formula is C10H20N4O2. The highest BCUT2D eigenvalue weighted by Gasteiger charge is 2.40. The van der Waals surface area contributed by atoms with E-state index in [-0.39, 0.29) is 12.0 Å². The number of aliphatic carboxylic acids is 1. The van der Waals surface area contributed by atoms with Gasteiger partial charge in [-0.05, 0) is 7.05 Å².